The zero-order valence-corrected chi connectivity index (χ0v) is 28.2. The predicted molar refractivity (Wildman–Crippen MR) is 175 cm³/mol. The minimum absolute atomic E-state index is 0.0281. The van der Waals surface area contributed by atoms with Crippen molar-refractivity contribution < 1.29 is 37.3 Å². The Morgan fingerprint density at radius 2 is 1.96 bits per heavy atom. The molecule has 7 rings (SSSR count). The van der Waals surface area contributed by atoms with Crippen molar-refractivity contribution in [2.24, 2.45) is 0 Å². The van der Waals surface area contributed by atoms with Crippen LogP contribution < -0.4 is 10.9 Å². The Hall–Kier alpha value is -4.87. The van der Waals surface area contributed by atoms with Crippen molar-refractivity contribution in [3.63, 3.8) is 0 Å². The maximum Gasteiger partial charge on any atom is 0.416 e. The van der Waals surface area contributed by atoms with Crippen molar-refractivity contribution in [3.8, 4) is 5.75 Å². The van der Waals surface area contributed by atoms with Crippen molar-refractivity contribution in [2.75, 3.05) is 31.6 Å². The Morgan fingerprint density at radius 1 is 1.20 bits per heavy atom. The highest BCUT2D eigenvalue weighted by molar-refractivity contribution is 6.33. The Bertz CT molecular complexity index is 2160. The fraction of sp³-hybridized carbons (Fsp3) is 0.424. The summed E-state index contributed by atoms with van der Waals surface area (Å²) in [5, 5.41) is 17.3. The molecule has 0 saturated carbocycles. The summed E-state index contributed by atoms with van der Waals surface area (Å²) in [6.07, 6.45) is -0.901. The minimum Gasteiger partial charge on any atom is -0.504 e. The fourth-order valence-electron chi connectivity index (χ4n) is 6.86. The smallest absolute Gasteiger partial charge is 0.416 e. The summed E-state index contributed by atoms with van der Waals surface area (Å²) in [5.74, 6) is -1.07. The van der Waals surface area contributed by atoms with Gasteiger partial charge in [0.25, 0.3) is 11.5 Å². The number of piperidine rings is 1. The van der Waals surface area contributed by atoms with Gasteiger partial charge in [0.05, 0.1) is 52.5 Å². The molecule has 6 heterocycles. The third kappa shape index (κ3) is 6.12. The second-order valence-corrected chi connectivity index (χ2v) is 13.0. The van der Waals surface area contributed by atoms with E-state index in [9.17, 15) is 32.7 Å². The lowest BCUT2D eigenvalue weighted by molar-refractivity contribution is -0.137. The van der Waals surface area contributed by atoms with E-state index in [2.05, 4.69) is 20.4 Å². The first-order valence-electron chi connectivity index (χ1n) is 16.3. The monoisotopic (exact) mass is 728 g/mol. The first kappa shape index (κ1) is 34.6. The number of halogens is 4. The molecule has 1 spiro atoms. The van der Waals surface area contributed by atoms with Gasteiger partial charge in [0.2, 0.25) is 11.7 Å². The van der Waals surface area contributed by atoms with Gasteiger partial charge in [0, 0.05) is 13.1 Å². The summed E-state index contributed by atoms with van der Waals surface area (Å²) in [4.78, 5) is 55.6. The number of aromatic nitrogens is 6. The molecule has 2 N–H and O–H groups in total. The molecule has 0 radical (unpaired) electrons. The zero-order valence-electron chi connectivity index (χ0n) is 27.5. The van der Waals surface area contributed by atoms with E-state index in [1.165, 1.54) is 11.2 Å². The van der Waals surface area contributed by atoms with Crippen LogP contribution in [0.5, 0.6) is 5.75 Å². The van der Waals surface area contributed by atoms with Crippen molar-refractivity contribution in [1.82, 2.24) is 34.0 Å². The number of nitrogens with zero attached hydrogens (tertiary/aromatic N) is 7. The second-order valence-electron chi connectivity index (χ2n) is 12.6. The van der Waals surface area contributed by atoms with Crippen LogP contribution in [0.25, 0.3) is 11.4 Å². The van der Waals surface area contributed by atoms with Gasteiger partial charge in [0.1, 0.15) is 18.5 Å². The van der Waals surface area contributed by atoms with Crippen molar-refractivity contribution in [2.45, 2.75) is 64.0 Å². The average molecular weight is 729 g/mol. The molecule has 3 aliphatic heterocycles. The number of benzene rings is 1. The molecule has 18 heteroatoms. The highest BCUT2D eigenvalue weighted by atomic mass is 35.5. The van der Waals surface area contributed by atoms with Gasteiger partial charge >= 0.3 is 6.18 Å². The van der Waals surface area contributed by atoms with Gasteiger partial charge in [0.15, 0.2) is 17.3 Å². The molecule has 4 aromatic rings. The van der Waals surface area contributed by atoms with Crippen LogP contribution >= 0.6 is 11.6 Å². The van der Waals surface area contributed by atoms with E-state index >= 15 is 0 Å². The number of alkyl halides is 3. The van der Waals surface area contributed by atoms with Crippen LogP contribution in [0, 0.1) is 6.92 Å². The topological polar surface area (TPSA) is 166 Å². The van der Waals surface area contributed by atoms with Gasteiger partial charge in [-0.15, -0.1) is 5.10 Å². The molecular formula is C33H32ClF3N8O6. The molecule has 1 unspecified atom stereocenters. The van der Waals surface area contributed by atoms with Crippen LogP contribution in [-0.2, 0) is 32.6 Å². The number of nitrogens with one attached hydrogen (secondary N) is 1. The van der Waals surface area contributed by atoms with Crippen molar-refractivity contribution in [1.29, 1.82) is 0 Å². The quantitative estimate of drug-likeness (QED) is 0.290. The largest absolute Gasteiger partial charge is 0.504 e. The number of hydrogen-bond acceptors (Lipinski definition) is 10. The number of likely N-dealkylation sites (tertiary alicyclic amines) is 1. The van der Waals surface area contributed by atoms with Crippen LogP contribution in [0.4, 0.5) is 18.9 Å². The minimum atomic E-state index is -4.62. The number of carbonyl (C=O) groups is 2. The highest BCUT2D eigenvalue weighted by Crippen LogP contribution is 2.49. The maximum absolute atomic E-state index is 14.4. The number of rotatable bonds is 6. The summed E-state index contributed by atoms with van der Waals surface area (Å²) in [6.45, 7) is 4.14. The van der Waals surface area contributed by atoms with Crippen molar-refractivity contribution >= 4 is 40.5 Å². The van der Waals surface area contributed by atoms with Gasteiger partial charge in [-0.2, -0.15) is 22.7 Å². The van der Waals surface area contributed by atoms with Crippen LogP contribution in [-0.4, -0.2) is 77.3 Å². The molecule has 0 aliphatic carbocycles. The molecule has 1 saturated heterocycles. The SMILES string of the molecule is CCC1OC2(CCN(C(=O)c3ncnc(C)c3O)CC2)c2c1n(CC(=O)Nc1ccc(C(F)(F)F)cc1Cl)c1nc(C3=CCOCC3)nn1c2=O. The van der Waals surface area contributed by atoms with Crippen LogP contribution in [0.15, 0.2) is 35.4 Å². The fourth-order valence-corrected chi connectivity index (χ4v) is 7.09. The van der Waals surface area contributed by atoms with E-state index in [1.54, 1.807) is 11.5 Å². The molecule has 3 aromatic heterocycles. The Balaban J connectivity index is 1.28. The van der Waals surface area contributed by atoms with E-state index in [4.69, 9.17) is 26.1 Å². The predicted octanol–water partition coefficient (Wildman–Crippen LogP) is 4.42. The zero-order chi connectivity index (χ0) is 36.2. The maximum atomic E-state index is 14.4. The van der Waals surface area contributed by atoms with Gasteiger partial charge in [-0.25, -0.2) is 9.97 Å². The first-order valence-corrected chi connectivity index (χ1v) is 16.6. The highest BCUT2D eigenvalue weighted by Gasteiger charge is 2.51. The molecule has 1 fully saturated rings. The third-order valence-corrected chi connectivity index (χ3v) is 9.79. The average Bonchev–Trinajstić information content (AvgIpc) is 3.70. The lowest BCUT2D eigenvalue weighted by Gasteiger charge is -2.39. The molecule has 3 aliphatic rings. The molecule has 0 bridgehead atoms. The lowest BCUT2D eigenvalue weighted by Crippen LogP contribution is -2.47. The van der Waals surface area contributed by atoms with Gasteiger partial charge in [-0.3, -0.25) is 14.4 Å². The number of hydrogen-bond donors (Lipinski definition) is 2. The Kier molecular flexibility index (Phi) is 8.83. The molecular weight excluding hydrogens is 697 g/mol. The normalized spacial score (nSPS) is 18.6. The summed E-state index contributed by atoms with van der Waals surface area (Å²) >= 11 is 6.14. The molecule has 1 aromatic carbocycles. The van der Waals surface area contributed by atoms with E-state index in [-0.39, 0.29) is 65.1 Å². The molecule has 268 valence electrons. The van der Waals surface area contributed by atoms with E-state index in [0.29, 0.717) is 37.6 Å². The van der Waals surface area contributed by atoms with Crippen LogP contribution in [0.3, 0.4) is 0 Å². The number of amides is 2. The third-order valence-electron chi connectivity index (χ3n) is 9.47. The summed E-state index contributed by atoms with van der Waals surface area (Å²) in [6, 6.07) is 2.62. The van der Waals surface area contributed by atoms with Gasteiger partial charge in [-0.1, -0.05) is 24.6 Å². The van der Waals surface area contributed by atoms with Crippen LogP contribution in [0.2, 0.25) is 5.02 Å². The second kappa shape index (κ2) is 13.0. The molecule has 1 atom stereocenters. The number of fused-ring (bicyclic) bond motifs is 3. The number of aryl methyl sites for hydroxylation is 1. The van der Waals surface area contributed by atoms with E-state index < -0.39 is 47.4 Å². The number of carbonyl (C=O) groups excluding carboxylic acids is 2. The summed E-state index contributed by atoms with van der Waals surface area (Å²) in [5.41, 5.74) is -1.01. The van der Waals surface area contributed by atoms with Gasteiger partial charge in [-0.05, 0) is 56.4 Å². The lowest BCUT2D eigenvalue weighted by atomic mass is 9.85. The number of aromatic hydroxyl groups is 1. The van der Waals surface area contributed by atoms with Crippen LogP contribution in [0.1, 0.15) is 77.5 Å². The summed E-state index contributed by atoms with van der Waals surface area (Å²) < 4.78 is 54.5. The summed E-state index contributed by atoms with van der Waals surface area (Å²) in [7, 11) is 0. The van der Waals surface area contributed by atoms with Crippen molar-refractivity contribution in [3.05, 3.63) is 80.0 Å². The number of ether oxygens (including phenoxy) is 2. The molecule has 51 heavy (non-hydrogen) atoms. The first-order chi connectivity index (χ1) is 24.3. The standard InChI is InChI=1S/C33H32ClF3N8O6/c1-3-22-26-24(32(51-22)8-10-43(11-9-32)30(49)25-27(47)17(2)38-16-39-25)29(48)45-31(41-28(42-45)18-6-12-50-13-7-18)44(26)15-23(46)40-21-5-4-19(14-20(21)34)33(35,36)37/h4-6,14,16,22,47H,3,7-13,15H2,1-2H3,(H,40,46). The van der Waals surface area contributed by atoms with Gasteiger partial charge < -0.3 is 29.4 Å². The number of anilines is 1. The Labute approximate surface area is 292 Å². The molecule has 14 nitrogen and oxygen atoms in total. The van der Waals surface area contributed by atoms with E-state index in [1.807, 2.05) is 13.0 Å². The Morgan fingerprint density at radius 3 is 2.63 bits per heavy atom. The molecule has 2 amide bonds. The van der Waals surface area contributed by atoms with E-state index in [0.717, 1.165) is 28.3 Å².